The van der Waals surface area contributed by atoms with E-state index < -0.39 is 0 Å². The molecule has 0 aromatic heterocycles. The van der Waals surface area contributed by atoms with Crippen molar-refractivity contribution in [1.29, 1.82) is 0 Å². The predicted molar refractivity (Wildman–Crippen MR) is 76.1 cm³/mol. The summed E-state index contributed by atoms with van der Waals surface area (Å²) in [6.07, 6.45) is 3.08. The lowest BCUT2D eigenvalue weighted by molar-refractivity contribution is -0.116. The first-order valence-corrected chi connectivity index (χ1v) is 7.20. The zero-order valence-electron chi connectivity index (χ0n) is 11.7. The molecule has 1 aromatic rings. The first-order valence-electron chi connectivity index (χ1n) is 7.20. The van der Waals surface area contributed by atoms with Gasteiger partial charge in [-0.25, -0.2) is 0 Å². The molecule has 0 radical (unpaired) electrons. The number of ether oxygens (including phenoxy) is 2. The summed E-state index contributed by atoms with van der Waals surface area (Å²) in [5, 5.41) is 2.91. The van der Waals surface area contributed by atoms with Gasteiger partial charge in [0.25, 0.3) is 0 Å². The minimum Gasteiger partial charge on any atom is -0.454 e. The van der Waals surface area contributed by atoms with Crippen molar-refractivity contribution in [3.8, 4) is 11.5 Å². The number of nitrogens with zero attached hydrogens (tertiary/aromatic N) is 1. The highest BCUT2D eigenvalue weighted by atomic mass is 16.7. The van der Waals surface area contributed by atoms with Gasteiger partial charge in [-0.2, -0.15) is 0 Å². The van der Waals surface area contributed by atoms with Gasteiger partial charge in [-0.1, -0.05) is 6.92 Å². The number of anilines is 1. The summed E-state index contributed by atoms with van der Waals surface area (Å²) in [7, 11) is 0. The van der Waals surface area contributed by atoms with Crippen molar-refractivity contribution in [2.45, 2.75) is 32.2 Å². The zero-order chi connectivity index (χ0) is 13.9. The van der Waals surface area contributed by atoms with Crippen molar-refractivity contribution in [3.05, 3.63) is 18.2 Å². The van der Waals surface area contributed by atoms with E-state index in [1.54, 1.807) is 6.07 Å². The van der Waals surface area contributed by atoms with Crippen LogP contribution in [0.1, 0.15) is 26.2 Å². The second-order valence-electron chi connectivity index (χ2n) is 5.23. The fourth-order valence-electron chi connectivity index (χ4n) is 2.48. The van der Waals surface area contributed by atoms with Crippen LogP contribution in [0.15, 0.2) is 18.2 Å². The van der Waals surface area contributed by atoms with E-state index in [4.69, 9.17) is 9.47 Å². The minimum atomic E-state index is 0.0444. The molecule has 1 saturated carbocycles. The van der Waals surface area contributed by atoms with E-state index in [-0.39, 0.29) is 12.7 Å². The van der Waals surface area contributed by atoms with Crippen molar-refractivity contribution in [2.75, 3.05) is 25.2 Å². The number of carbonyl (C=O) groups is 1. The number of rotatable bonds is 6. The molecule has 5 heteroatoms. The molecule has 20 heavy (non-hydrogen) atoms. The van der Waals surface area contributed by atoms with Gasteiger partial charge in [0.15, 0.2) is 11.5 Å². The average Bonchev–Trinajstić information content (AvgIpc) is 3.17. The van der Waals surface area contributed by atoms with Crippen molar-refractivity contribution < 1.29 is 14.3 Å². The van der Waals surface area contributed by atoms with Crippen molar-refractivity contribution in [2.24, 2.45) is 0 Å². The van der Waals surface area contributed by atoms with Crippen LogP contribution in [0.5, 0.6) is 11.5 Å². The summed E-state index contributed by atoms with van der Waals surface area (Å²) < 4.78 is 10.5. The Kier molecular flexibility index (Phi) is 3.78. The van der Waals surface area contributed by atoms with Gasteiger partial charge in [0.05, 0.1) is 0 Å². The molecule has 2 aliphatic rings. The molecule has 1 aromatic carbocycles. The van der Waals surface area contributed by atoms with Crippen LogP contribution < -0.4 is 14.8 Å². The monoisotopic (exact) mass is 276 g/mol. The molecule has 0 saturated heterocycles. The molecular weight excluding hydrogens is 256 g/mol. The van der Waals surface area contributed by atoms with E-state index in [0.717, 1.165) is 24.5 Å². The summed E-state index contributed by atoms with van der Waals surface area (Å²) >= 11 is 0. The smallest absolute Gasteiger partial charge is 0.231 e. The Morgan fingerprint density at radius 3 is 2.90 bits per heavy atom. The van der Waals surface area contributed by atoms with E-state index in [0.29, 0.717) is 18.2 Å². The standard InChI is InChI=1S/C15H20N2O3/c1-2-17(12-4-5-12)8-7-15(18)16-11-3-6-13-14(9-11)20-10-19-13/h3,6,9,12H,2,4-5,7-8,10H2,1H3,(H,16,18). The minimum absolute atomic E-state index is 0.0444. The molecule has 0 spiro atoms. The third-order valence-electron chi connectivity index (χ3n) is 3.75. The van der Waals surface area contributed by atoms with E-state index in [9.17, 15) is 4.79 Å². The first kappa shape index (κ1) is 13.2. The molecule has 1 fully saturated rings. The summed E-state index contributed by atoms with van der Waals surface area (Å²) in [4.78, 5) is 14.3. The molecule has 1 aliphatic heterocycles. The van der Waals surface area contributed by atoms with Crippen LogP contribution in [0.2, 0.25) is 0 Å². The Morgan fingerprint density at radius 2 is 2.15 bits per heavy atom. The number of nitrogens with one attached hydrogen (secondary N) is 1. The van der Waals surface area contributed by atoms with E-state index >= 15 is 0 Å². The first-order chi connectivity index (χ1) is 9.76. The molecule has 5 nitrogen and oxygen atoms in total. The van der Waals surface area contributed by atoms with E-state index in [2.05, 4.69) is 17.1 Å². The largest absolute Gasteiger partial charge is 0.454 e. The third kappa shape index (κ3) is 3.04. The van der Waals surface area contributed by atoms with Crippen molar-refractivity contribution >= 4 is 11.6 Å². The lowest BCUT2D eigenvalue weighted by Gasteiger charge is -2.19. The van der Waals surface area contributed by atoms with Crippen LogP contribution in [0, 0.1) is 0 Å². The maximum Gasteiger partial charge on any atom is 0.231 e. The van der Waals surface area contributed by atoms with Gasteiger partial charge in [-0.15, -0.1) is 0 Å². The fraction of sp³-hybridized carbons (Fsp3) is 0.533. The molecule has 1 N–H and O–H groups in total. The van der Waals surface area contributed by atoms with Gasteiger partial charge in [0.1, 0.15) is 0 Å². The molecule has 0 atom stereocenters. The van der Waals surface area contributed by atoms with Gasteiger partial charge < -0.3 is 19.7 Å². The lowest BCUT2D eigenvalue weighted by Crippen LogP contribution is -2.29. The van der Waals surface area contributed by atoms with Crippen LogP contribution in [0.25, 0.3) is 0 Å². The van der Waals surface area contributed by atoms with Crippen LogP contribution >= 0.6 is 0 Å². The maximum atomic E-state index is 12.0. The molecule has 108 valence electrons. The Labute approximate surface area is 118 Å². The van der Waals surface area contributed by atoms with Crippen molar-refractivity contribution in [3.63, 3.8) is 0 Å². The second kappa shape index (κ2) is 5.71. The highest BCUT2D eigenvalue weighted by molar-refractivity contribution is 5.91. The molecule has 1 aliphatic carbocycles. The van der Waals surface area contributed by atoms with Gasteiger partial charge in [-0.3, -0.25) is 4.79 Å². The topological polar surface area (TPSA) is 50.8 Å². The zero-order valence-corrected chi connectivity index (χ0v) is 11.7. The fourth-order valence-corrected chi connectivity index (χ4v) is 2.48. The number of hydrogen-bond acceptors (Lipinski definition) is 4. The number of hydrogen-bond donors (Lipinski definition) is 1. The molecule has 0 unspecified atom stereocenters. The SMILES string of the molecule is CCN(CCC(=O)Nc1ccc2c(c1)OCO2)C1CC1. The Hall–Kier alpha value is -1.75. The molecule has 1 heterocycles. The molecule has 1 amide bonds. The number of carbonyl (C=O) groups excluding carboxylic acids is 1. The quantitative estimate of drug-likeness (QED) is 0.865. The highest BCUT2D eigenvalue weighted by Gasteiger charge is 2.27. The van der Waals surface area contributed by atoms with Gasteiger partial charge in [-0.05, 0) is 31.5 Å². The Balaban J connectivity index is 1.50. The molecular formula is C15H20N2O3. The molecule has 0 bridgehead atoms. The Bertz CT molecular complexity index is 500. The normalized spacial score (nSPS) is 16.5. The summed E-state index contributed by atoms with van der Waals surface area (Å²) in [6, 6.07) is 6.17. The maximum absolute atomic E-state index is 12.0. The molecule has 3 rings (SSSR count). The van der Waals surface area contributed by atoms with Crippen LogP contribution in [-0.2, 0) is 4.79 Å². The van der Waals surface area contributed by atoms with Gasteiger partial charge in [0.2, 0.25) is 12.7 Å². The van der Waals surface area contributed by atoms with Crippen LogP contribution in [0.3, 0.4) is 0 Å². The second-order valence-corrected chi connectivity index (χ2v) is 5.23. The summed E-state index contributed by atoms with van der Waals surface area (Å²) in [5.41, 5.74) is 0.758. The van der Waals surface area contributed by atoms with Crippen molar-refractivity contribution in [1.82, 2.24) is 4.90 Å². The third-order valence-corrected chi connectivity index (χ3v) is 3.75. The lowest BCUT2D eigenvalue weighted by atomic mass is 10.2. The van der Waals surface area contributed by atoms with Crippen LogP contribution in [-0.4, -0.2) is 36.7 Å². The van der Waals surface area contributed by atoms with E-state index in [1.807, 2.05) is 12.1 Å². The number of fused-ring (bicyclic) bond motifs is 1. The summed E-state index contributed by atoms with van der Waals surface area (Å²) in [5.74, 6) is 1.47. The number of benzene rings is 1. The Morgan fingerprint density at radius 1 is 1.35 bits per heavy atom. The number of amides is 1. The van der Waals surface area contributed by atoms with Gasteiger partial charge >= 0.3 is 0 Å². The van der Waals surface area contributed by atoms with E-state index in [1.165, 1.54) is 12.8 Å². The average molecular weight is 276 g/mol. The predicted octanol–water partition coefficient (Wildman–Crippen LogP) is 2.23. The summed E-state index contributed by atoms with van der Waals surface area (Å²) in [6.45, 7) is 4.24. The van der Waals surface area contributed by atoms with Crippen LogP contribution in [0.4, 0.5) is 5.69 Å². The van der Waals surface area contributed by atoms with Gasteiger partial charge in [0, 0.05) is 30.8 Å². The highest BCUT2D eigenvalue weighted by Crippen LogP contribution is 2.34.